The van der Waals surface area contributed by atoms with Crippen molar-refractivity contribution in [1.82, 2.24) is 19.4 Å². The summed E-state index contributed by atoms with van der Waals surface area (Å²) in [6, 6.07) is 38.3. The summed E-state index contributed by atoms with van der Waals surface area (Å²) in [7, 11) is 1.69. The van der Waals surface area contributed by atoms with E-state index in [1.807, 2.05) is 86.0 Å². The Hall–Kier alpha value is -5.01. The van der Waals surface area contributed by atoms with Crippen LogP contribution in [-0.2, 0) is 10.3 Å². The number of carbonyl (C=O) groups excluding carboxylic acids is 2. The van der Waals surface area contributed by atoms with Crippen molar-refractivity contribution in [2.45, 2.75) is 44.6 Å². The summed E-state index contributed by atoms with van der Waals surface area (Å²) < 4.78 is 2.00. The Kier molecular flexibility index (Phi) is 7.89. The van der Waals surface area contributed by atoms with Crippen LogP contribution in [-0.4, -0.2) is 55.5 Å². The van der Waals surface area contributed by atoms with Crippen LogP contribution in [0, 0.1) is 5.41 Å². The molecule has 7 heteroatoms. The van der Waals surface area contributed by atoms with Crippen molar-refractivity contribution in [3.63, 3.8) is 0 Å². The third kappa shape index (κ3) is 5.13. The monoisotopic (exact) mass is 598 g/mol. The van der Waals surface area contributed by atoms with Crippen molar-refractivity contribution in [3.8, 4) is 0 Å². The lowest BCUT2D eigenvalue weighted by Gasteiger charge is -2.39. The largest absolute Gasteiger partial charge is 0.384 e. The number of hydrogen-bond acceptors (Lipinski definition) is 4. The minimum absolute atomic E-state index is 0.300. The Bertz CT molecular complexity index is 1670. The Morgan fingerprint density at radius 1 is 0.756 bits per heavy atom. The Morgan fingerprint density at radius 3 is 1.64 bits per heavy atom. The molecular formula is C38H38N4O3. The average Bonchev–Trinajstić information content (AvgIpc) is 3.66. The molecule has 1 aromatic heterocycles. The first-order valence-electron chi connectivity index (χ1n) is 15.2. The van der Waals surface area contributed by atoms with Gasteiger partial charge in [0.15, 0.2) is 0 Å². The molecule has 0 aliphatic carbocycles. The van der Waals surface area contributed by atoms with Crippen LogP contribution in [0.25, 0.3) is 0 Å². The van der Waals surface area contributed by atoms with Gasteiger partial charge in [-0.25, -0.2) is 4.98 Å². The summed E-state index contributed by atoms with van der Waals surface area (Å²) in [6.45, 7) is 5.97. The zero-order valence-corrected chi connectivity index (χ0v) is 26.0. The summed E-state index contributed by atoms with van der Waals surface area (Å²) in [5, 5.41) is 12.0. The van der Waals surface area contributed by atoms with E-state index in [1.165, 1.54) is 0 Å². The van der Waals surface area contributed by atoms with Crippen molar-refractivity contribution < 1.29 is 14.7 Å². The van der Waals surface area contributed by atoms with Gasteiger partial charge in [0.05, 0.1) is 12.0 Å². The highest BCUT2D eigenvalue weighted by atomic mass is 16.3. The molecule has 2 heterocycles. The van der Waals surface area contributed by atoms with Gasteiger partial charge in [0.2, 0.25) is 5.91 Å². The fourth-order valence-electron chi connectivity index (χ4n) is 6.86. The number of carbonyl (C=O) groups is 2. The number of rotatable bonds is 7. The van der Waals surface area contributed by atoms with Gasteiger partial charge in [0, 0.05) is 24.2 Å². The minimum atomic E-state index is -1.37. The van der Waals surface area contributed by atoms with Crippen molar-refractivity contribution >= 4 is 11.8 Å². The number of aromatic nitrogens is 2. The van der Waals surface area contributed by atoms with Crippen LogP contribution >= 0.6 is 0 Å². The maximum Gasteiger partial charge on any atom is 0.256 e. The first-order valence-corrected chi connectivity index (χ1v) is 15.2. The van der Waals surface area contributed by atoms with Gasteiger partial charge in [-0.05, 0) is 28.8 Å². The van der Waals surface area contributed by atoms with Crippen LogP contribution in [0.4, 0.5) is 0 Å². The summed E-state index contributed by atoms with van der Waals surface area (Å²) in [4.78, 5) is 35.8. The van der Waals surface area contributed by atoms with Gasteiger partial charge in [-0.15, -0.1) is 0 Å². The lowest BCUT2D eigenvalue weighted by Crippen LogP contribution is -2.51. The standard InChI is InChI=1S/C38H38N4O3/c1-37(2,3)36-40(4)35(45)32(42(36)34(44)27-17-9-5-10-18-27)33(43)31-25-41(26-39-31)38(28-19-11-6-12-20-28,29-21-13-7-14-22-29)30-23-15-8-16-24-30/h5-26,32-33,36,43H,1-4H3/t32-,33+,36-/m0/s1. The molecule has 228 valence electrons. The van der Waals surface area contributed by atoms with Gasteiger partial charge in [-0.1, -0.05) is 130 Å². The zero-order valence-electron chi connectivity index (χ0n) is 26.0. The Morgan fingerprint density at radius 2 is 1.20 bits per heavy atom. The van der Waals surface area contributed by atoms with E-state index < -0.39 is 29.3 Å². The number of aliphatic hydroxyl groups is 1. The molecule has 5 aromatic rings. The lowest BCUT2D eigenvalue weighted by molar-refractivity contribution is -0.131. The van der Waals surface area contributed by atoms with Gasteiger partial charge >= 0.3 is 0 Å². The molecule has 1 aliphatic rings. The van der Waals surface area contributed by atoms with Crippen molar-refractivity contribution in [1.29, 1.82) is 0 Å². The maximum absolute atomic E-state index is 14.1. The molecule has 0 radical (unpaired) electrons. The van der Waals surface area contributed by atoms with Crippen LogP contribution in [0.3, 0.4) is 0 Å². The fourth-order valence-corrected chi connectivity index (χ4v) is 6.86. The van der Waals surface area contributed by atoms with Crippen molar-refractivity contribution in [2.24, 2.45) is 5.41 Å². The highest BCUT2D eigenvalue weighted by Gasteiger charge is 2.54. The predicted octanol–water partition coefficient (Wildman–Crippen LogP) is 6.11. The highest BCUT2D eigenvalue weighted by molar-refractivity contribution is 6.00. The van der Waals surface area contributed by atoms with Gasteiger partial charge in [0.1, 0.15) is 23.9 Å². The molecule has 2 amide bonds. The van der Waals surface area contributed by atoms with E-state index in [0.717, 1.165) is 16.7 Å². The summed E-state index contributed by atoms with van der Waals surface area (Å²) >= 11 is 0. The third-order valence-electron chi connectivity index (χ3n) is 8.73. The molecule has 6 rings (SSSR count). The summed E-state index contributed by atoms with van der Waals surface area (Å²) in [5.74, 6) is -0.648. The van der Waals surface area contributed by atoms with Gasteiger partial charge in [0.25, 0.3) is 5.91 Å². The van der Waals surface area contributed by atoms with E-state index in [2.05, 4.69) is 36.4 Å². The molecule has 7 nitrogen and oxygen atoms in total. The van der Waals surface area contributed by atoms with E-state index in [9.17, 15) is 14.7 Å². The molecule has 45 heavy (non-hydrogen) atoms. The Balaban J connectivity index is 1.50. The molecule has 4 aromatic carbocycles. The first kappa shape index (κ1) is 30.0. The van der Waals surface area contributed by atoms with E-state index in [1.54, 1.807) is 53.6 Å². The number of benzene rings is 4. The topological polar surface area (TPSA) is 78.7 Å². The second-order valence-corrected chi connectivity index (χ2v) is 12.7. The molecule has 0 bridgehead atoms. The molecule has 1 saturated heterocycles. The predicted molar refractivity (Wildman–Crippen MR) is 174 cm³/mol. The number of likely N-dealkylation sites (N-methyl/N-ethyl adjacent to an activating group) is 1. The Labute approximate surface area is 264 Å². The molecule has 3 atom stereocenters. The zero-order chi connectivity index (χ0) is 31.8. The summed E-state index contributed by atoms with van der Waals surface area (Å²) in [6.07, 6.45) is 1.57. The number of nitrogens with zero attached hydrogens (tertiary/aromatic N) is 4. The smallest absolute Gasteiger partial charge is 0.256 e. The van der Waals surface area contributed by atoms with Crippen molar-refractivity contribution in [3.05, 3.63) is 162 Å². The van der Waals surface area contributed by atoms with E-state index in [4.69, 9.17) is 4.98 Å². The molecule has 1 fully saturated rings. The van der Waals surface area contributed by atoms with Gasteiger partial charge in [-0.2, -0.15) is 0 Å². The van der Waals surface area contributed by atoms with Gasteiger partial charge in [-0.3, -0.25) is 9.59 Å². The maximum atomic E-state index is 14.1. The average molecular weight is 599 g/mol. The highest BCUT2D eigenvalue weighted by Crippen LogP contribution is 2.43. The molecule has 1 aliphatic heterocycles. The van der Waals surface area contributed by atoms with Crippen LogP contribution in [0.5, 0.6) is 0 Å². The lowest BCUT2D eigenvalue weighted by atomic mass is 9.77. The SMILES string of the molecule is CN1C(=O)[C@H]([C@H](O)c2cn(C(c3ccccc3)(c3ccccc3)c3ccccc3)cn2)N(C(=O)c2ccccc2)[C@H]1C(C)(C)C. The van der Waals surface area contributed by atoms with Crippen LogP contribution in [0.2, 0.25) is 0 Å². The van der Waals surface area contributed by atoms with E-state index >= 15 is 0 Å². The van der Waals surface area contributed by atoms with Crippen molar-refractivity contribution in [2.75, 3.05) is 7.05 Å². The second-order valence-electron chi connectivity index (χ2n) is 12.7. The third-order valence-corrected chi connectivity index (χ3v) is 8.73. The second kappa shape index (κ2) is 11.8. The first-order chi connectivity index (χ1) is 21.7. The normalized spacial score (nSPS) is 17.8. The van der Waals surface area contributed by atoms with Crippen LogP contribution in [0.15, 0.2) is 134 Å². The number of aliphatic hydroxyl groups excluding tert-OH is 1. The van der Waals surface area contributed by atoms with E-state index in [-0.39, 0.29) is 11.8 Å². The number of amides is 2. The van der Waals surface area contributed by atoms with E-state index in [0.29, 0.717) is 11.3 Å². The molecule has 1 N–H and O–H groups in total. The molecule has 0 saturated carbocycles. The molecule has 0 unspecified atom stereocenters. The quantitative estimate of drug-likeness (QED) is 0.229. The minimum Gasteiger partial charge on any atom is -0.384 e. The molecule has 0 spiro atoms. The summed E-state index contributed by atoms with van der Waals surface area (Å²) in [5.41, 5.74) is 2.46. The molecular weight excluding hydrogens is 560 g/mol. The van der Waals surface area contributed by atoms with Crippen LogP contribution in [0.1, 0.15) is 59.6 Å². The van der Waals surface area contributed by atoms with Gasteiger partial charge < -0.3 is 19.5 Å². The van der Waals surface area contributed by atoms with Crippen LogP contribution < -0.4 is 0 Å². The number of hydrogen-bond donors (Lipinski definition) is 1. The fraction of sp³-hybridized carbons (Fsp3) is 0.237. The number of imidazole rings is 1.